The van der Waals surface area contributed by atoms with E-state index in [0.29, 0.717) is 41.8 Å². The smallest absolute Gasteiger partial charge is 0.279 e. The molecule has 0 atom stereocenters. The number of ether oxygens (including phenoxy) is 3. The summed E-state index contributed by atoms with van der Waals surface area (Å²) < 4.78 is 46.3. The number of amides is 1. The van der Waals surface area contributed by atoms with Gasteiger partial charge in [0.15, 0.2) is 22.1 Å². The van der Waals surface area contributed by atoms with Gasteiger partial charge in [0, 0.05) is 18.7 Å². The summed E-state index contributed by atoms with van der Waals surface area (Å²) in [6.07, 6.45) is 0. The van der Waals surface area contributed by atoms with Gasteiger partial charge in [0.2, 0.25) is 5.75 Å². The number of benzene rings is 2. The Hall–Kier alpha value is -2.94. The van der Waals surface area contributed by atoms with Gasteiger partial charge >= 0.3 is 0 Å². The van der Waals surface area contributed by atoms with E-state index in [4.69, 9.17) is 14.2 Å². The fourth-order valence-corrected chi connectivity index (χ4v) is 4.03. The lowest BCUT2D eigenvalue weighted by Crippen LogP contribution is -2.14. The Bertz CT molecular complexity index is 1130. The van der Waals surface area contributed by atoms with Crippen LogP contribution in [0, 0.1) is 11.6 Å². The fraction of sp³-hybridized carbons (Fsp3) is 0.333. The number of nitrogens with zero attached hydrogens (tertiary/aromatic N) is 2. The van der Waals surface area contributed by atoms with Crippen LogP contribution >= 0.6 is 11.3 Å². The second-order valence-corrected chi connectivity index (χ2v) is 7.20. The Morgan fingerprint density at radius 2 is 1.60 bits per heavy atom. The standard InChI is InChI=1S/C21H22F2N2O4S/c1-5-27-15-8-12(9-16(28-6-2)19(15)29-7-3)20(26)24-21-25(4)18-14(23)10-13(22)11-17(18)30-21/h8-11H,5-7H2,1-4H3. The summed E-state index contributed by atoms with van der Waals surface area (Å²) in [6.45, 7) is 6.62. The lowest BCUT2D eigenvalue weighted by atomic mass is 10.1. The first-order valence-corrected chi connectivity index (χ1v) is 10.3. The molecule has 0 saturated carbocycles. The zero-order valence-electron chi connectivity index (χ0n) is 17.1. The van der Waals surface area contributed by atoms with Gasteiger partial charge in [-0.2, -0.15) is 4.99 Å². The number of hydrogen-bond donors (Lipinski definition) is 0. The van der Waals surface area contributed by atoms with Crippen molar-refractivity contribution in [3.05, 3.63) is 46.3 Å². The van der Waals surface area contributed by atoms with Gasteiger partial charge in [0.05, 0.1) is 30.0 Å². The lowest BCUT2D eigenvalue weighted by Gasteiger charge is -2.16. The molecule has 0 saturated heterocycles. The van der Waals surface area contributed by atoms with E-state index in [2.05, 4.69) is 4.99 Å². The summed E-state index contributed by atoms with van der Waals surface area (Å²) in [5, 5.41) is 0. The second-order valence-electron chi connectivity index (χ2n) is 6.20. The van der Waals surface area contributed by atoms with E-state index in [1.54, 1.807) is 7.05 Å². The predicted molar refractivity (Wildman–Crippen MR) is 111 cm³/mol. The Morgan fingerprint density at radius 3 is 2.17 bits per heavy atom. The Kier molecular flexibility index (Phi) is 6.71. The first-order valence-electron chi connectivity index (χ1n) is 9.49. The van der Waals surface area contributed by atoms with Crippen LogP contribution in [-0.2, 0) is 7.05 Å². The zero-order chi connectivity index (χ0) is 21.8. The zero-order valence-corrected chi connectivity index (χ0v) is 17.9. The van der Waals surface area contributed by atoms with Crippen molar-refractivity contribution >= 4 is 27.5 Å². The molecule has 6 nitrogen and oxygen atoms in total. The third-order valence-electron chi connectivity index (χ3n) is 4.17. The number of thiazole rings is 1. The molecule has 30 heavy (non-hydrogen) atoms. The number of hydrogen-bond acceptors (Lipinski definition) is 5. The highest BCUT2D eigenvalue weighted by molar-refractivity contribution is 7.16. The molecule has 160 valence electrons. The Labute approximate surface area is 176 Å². The lowest BCUT2D eigenvalue weighted by molar-refractivity contribution is 0.0996. The van der Waals surface area contributed by atoms with Crippen molar-refractivity contribution in [1.82, 2.24) is 4.57 Å². The van der Waals surface area contributed by atoms with Crippen molar-refractivity contribution in [3.8, 4) is 17.2 Å². The molecule has 0 bridgehead atoms. The van der Waals surface area contributed by atoms with Gasteiger partial charge in [0.25, 0.3) is 5.91 Å². The number of fused-ring (bicyclic) bond motifs is 1. The molecule has 0 aliphatic carbocycles. The topological polar surface area (TPSA) is 62.0 Å². The maximum atomic E-state index is 14.1. The molecule has 1 amide bonds. The first-order chi connectivity index (χ1) is 14.4. The normalized spacial score (nSPS) is 11.7. The monoisotopic (exact) mass is 436 g/mol. The van der Waals surface area contributed by atoms with Gasteiger partial charge < -0.3 is 18.8 Å². The first kappa shape index (κ1) is 21.8. The molecule has 0 spiro atoms. The van der Waals surface area contributed by atoms with Crippen LogP contribution in [0.4, 0.5) is 8.78 Å². The van der Waals surface area contributed by atoms with Gasteiger partial charge in [-0.1, -0.05) is 11.3 Å². The molecule has 0 radical (unpaired) electrons. The third kappa shape index (κ3) is 4.30. The van der Waals surface area contributed by atoms with Gasteiger partial charge in [0.1, 0.15) is 5.82 Å². The fourth-order valence-electron chi connectivity index (χ4n) is 2.97. The molecular weight excluding hydrogens is 414 g/mol. The number of rotatable bonds is 7. The van der Waals surface area contributed by atoms with Gasteiger partial charge in [-0.05, 0) is 39.0 Å². The average Bonchev–Trinajstić information content (AvgIpc) is 2.99. The average molecular weight is 436 g/mol. The number of aromatic nitrogens is 1. The Morgan fingerprint density at radius 1 is 1.00 bits per heavy atom. The molecule has 0 fully saturated rings. The van der Waals surface area contributed by atoms with Crippen LogP contribution in [-0.4, -0.2) is 30.3 Å². The van der Waals surface area contributed by atoms with Crippen molar-refractivity contribution in [2.24, 2.45) is 12.0 Å². The van der Waals surface area contributed by atoms with Crippen LogP contribution in [0.1, 0.15) is 31.1 Å². The summed E-state index contributed by atoms with van der Waals surface area (Å²) in [5.41, 5.74) is 0.416. The molecule has 2 aromatic carbocycles. The minimum Gasteiger partial charge on any atom is -0.490 e. The minimum atomic E-state index is -0.712. The molecule has 3 rings (SSSR count). The van der Waals surface area contributed by atoms with E-state index in [0.717, 1.165) is 17.4 Å². The molecule has 3 aromatic rings. The van der Waals surface area contributed by atoms with Crippen LogP contribution in [0.25, 0.3) is 10.2 Å². The molecular formula is C21H22F2N2O4S. The van der Waals surface area contributed by atoms with Crippen LogP contribution in [0.5, 0.6) is 17.2 Å². The number of carbonyl (C=O) groups is 1. The SMILES string of the molecule is CCOc1cc(C(=O)N=c2sc3cc(F)cc(F)c3n2C)cc(OCC)c1OCC. The highest BCUT2D eigenvalue weighted by atomic mass is 32.1. The maximum Gasteiger partial charge on any atom is 0.279 e. The van der Waals surface area contributed by atoms with Crippen LogP contribution < -0.4 is 19.0 Å². The van der Waals surface area contributed by atoms with E-state index >= 15 is 0 Å². The summed E-state index contributed by atoms with van der Waals surface area (Å²) in [7, 11) is 1.57. The molecule has 1 heterocycles. The maximum absolute atomic E-state index is 14.1. The quantitative estimate of drug-likeness (QED) is 0.549. The number of halogens is 2. The Balaban J connectivity index is 2.12. The third-order valence-corrected chi connectivity index (χ3v) is 5.25. The largest absolute Gasteiger partial charge is 0.490 e. The van der Waals surface area contributed by atoms with Crippen molar-refractivity contribution in [2.45, 2.75) is 20.8 Å². The van der Waals surface area contributed by atoms with E-state index in [1.165, 1.54) is 22.8 Å². The van der Waals surface area contributed by atoms with E-state index in [1.807, 2.05) is 20.8 Å². The predicted octanol–water partition coefficient (Wildman–Crippen LogP) is 4.46. The van der Waals surface area contributed by atoms with Crippen molar-refractivity contribution in [1.29, 1.82) is 0 Å². The minimum absolute atomic E-state index is 0.185. The van der Waals surface area contributed by atoms with Crippen molar-refractivity contribution in [2.75, 3.05) is 19.8 Å². The van der Waals surface area contributed by atoms with Crippen LogP contribution in [0.15, 0.2) is 29.3 Å². The van der Waals surface area contributed by atoms with E-state index in [9.17, 15) is 13.6 Å². The molecule has 1 aromatic heterocycles. The van der Waals surface area contributed by atoms with Gasteiger partial charge in [-0.25, -0.2) is 8.78 Å². The highest BCUT2D eigenvalue weighted by Gasteiger charge is 2.19. The van der Waals surface area contributed by atoms with Crippen molar-refractivity contribution < 1.29 is 27.8 Å². The van der Waals surface area contributed by atoms with E-state index in [-0.39, 0.29) is 15.9 Å². The molecule has 0 N–H and O–H groups in total. The van der Waals surface area contributed by atoms with E-state index < -0.39 is 17.5 Å². The van der Waals surface area contributed by atoms with Crippen LogP contribution in [0.2, 0.25) is 0 Å². The number of aryl methyl sites for hydroxylation is 1. The summed E-state index contributed by atoms with van der Waals surface area (Å²) >= 11 is 1.02. The van der Waals surface area contributed by atoms with Crippen molar-refractivity contribution in [3.63, 3.8) is 0 Å². The van der Waals surface area contributed by atoms with Crippen LogP contribution in [0.3, 0.4) is 0 Å². The molecule has 0 aliphatic heterocycles. The molecule has 0 aliphatic rings. The van der Waals surface area contributed by atoms with Gasteiger partial charge in [-0.3, -0.25) is 4.79 Å². The molecule has 9 heteroatoms. The summed E-state index contributed by atoms with van der Waals surface area (Å²) in [5.74, 6) is -0.800. The molecule has 0 unspecified atom stereocenters. The second kappa shape index (κ2) is 9.25. The summed E-state index contributed by atoms with van der Waals surface area (Å²) in [4.78, 5) is 17.2. The highest BCUT2D eigenvalue weighted by Crippen LogP contribution is 2.39. The van der Waals surface area contributed by atoms with Gasteiger partial charge in [-0.15, -0.1) is 0 Å². The summed E-state index contributed by atoms with van der Waals surface area (Å²) in [6, 6.07) is 5.09. The number of carbonyl (C=O) groups excluding carboxylic acids is 1.